The molecule has 102 valence electrons. The lowest BCUT2D eigenvalue weighted by atomic mass is 9.98. The Morgan fingerprint density at radius 2 is 1.78 bits per heavy atom. The number of aliphatic hydroxyl groups excluding tert-OH is 1. The van der Waals surface area contributed by atoms with Crippen molar-refractivity contribution in [2.75, 3.05) is 13.6 Å². The van der Waals surface area contributed by atoms with Crippen LogP contribution < -0.4 is 0 Å². The van der Waals surface area contributed by atoms with Gasteiger partial charge in [0.25, 0.3) is 0 Å². The fourth-order valence-corrected chi connectivity index (χ4v) is 2.55. The minimum Gasteiger partial charge on any atom is -0.387 e. The van der Waals surface area contributed by atoms with Crippen molar-refractivity contribution in [1.82, 2.24) is 4.90 Å². The molecule has 0 bridgehead atoms. The average molecular weight is 249 g/mol. The third kappa shape index (κ3) is 4.11. The van der Waals surface area contributed by atoms with Crippen molar-refractivity contribution in [3.63, 3.8) is 0 Å². The van der Waals surface area contributed by atoms with Gasteiger partial charge in [0.05, 0.1) is 6.10 Å². The molecule has 1 aromatic rings. The smallest absolute Gasteiger partial charge is 0.0945 e. The maximum Gasteiger partial charge on any atom is 0.0945 e. The first-order valence-corrected chi connectivity index (χ1v) is 7.22. The first-order chi connectivity index (χ1) is 8.79. The van der Waals surface area contributed by atoms with E-state index in [1.165, 1.54) is 19.3 Å². The minimum atomic E-state index is -0.343. The van der Waals surface area contributed by atoms with Gasteiger partial charge in [0.15, 0.2) is 0 Å². The van der Waals surface area contributed by atoms with Crippen LogP contribution in [-0.2, 0) is 0 Å². The van der Waals surface area contributed by atoms with E-state index in [2.05, 4.69) is 11.9 Å². The molecule has 1 heterocycles. The molecule has 2 rings (SSSR count). The molecule has 0 amide bonds. The van der Waals surface area contributed by atoms with E-state index < -0.39 is 0 Å². The van der Waals surface area contributed by atoms with E-state index in [1.54, 1.807) is 0 Å². The van der Waals surface area contributed by atoms with E-state index >= 15 is 0 Å². The summed E-state index contributed by atoms with van der Waals surface area (Å²) in [6, 6.07) is 10.3. The fraction of sp³-hybridized carbons (Fsp3) is 0.625. The van der Waals surface area contributed by atoms with Gasteiger partial charge >= 0.3 is 0 Å². The zero-order valence-electron chi connectivity index (χ0n) is 12.0. The number of likely N-dealkylation sites (N-methyl/N-ethyl adjacent to an activating group) is 1. The SMILES string of the molecule is CC.CN1CCCCCC1C(O)c1ccccc1. The lowest BCUT2D eigenvalue weighted by molar-refractivity contribution is 0.0629. The average Bonchev–Trinajstić information content (AvgIpc) is 2.66. The summed E-state index contributed by atoms with van der Waals surface area (Å²) in [5.74, 6) is 0. The Morgan fingerprint density at radius 3 is 2.44 bits per heavy atom. The maximum atomic E-state index is 10.4. The van der Waals surface area contributed by atoms with Crippen LogP contribution in [0.5, 0.6) is 0 Å². The largest absolute Gasteiger partial charge is 0.387 e. The lowest BCUT2D eigenvalue weighted by Gasteiger charge is -2.30. The van der Waals surface area contributed by atoms with Gasteiger partial charge in [-0.1, -0.05) is 57.0 Å². The Kier molecular flexibility index (Phi) is 6.99. The Bertz CT molecular complexity index is 312. The molecule has 0 spiro atoms. The van der Waals surface area contributed by atoms with Gasteiger partial charge in [0.2, 0.25) is 0 Å². The summed E-state index contributed by atoms with van der Waals surface area (Å²) >= 11 is 0. The molecule has 2 unspecified atom stereocenters. The van der Waals surface area contributed by atoms with Gasteiger partial charge in [-0.2, -0.15) is 0 Å². The fourth-order valence-electron chi connectivity index (χ4n) is 2.55. The molecule has 2 nitrogen and oxygen atoms in total. The van der Waals surface area contributed by atoms with Gasteiger partial charge in [-0.15, -0.1) is 0 Å². The van der Waals surface area contributed by atoms with Crippen molar-refractivity contribution in [2.45, 2.75) is 51.7 Å². The van der Waals surface area contributed by atoms with Crippen LogP contribution in [0.3, 0.4) is 0 Å². The molecule has 0 aliphatic carbocycles. The molecule has 0 aromatic heterocycles. The number of hydrogen-bond acceptors (Lipinski definition) is 2. The molecule has 18 heavy (non-hydrogen) atoms. The van der Waals surface area contributed by atoms with Crippen LogP contribution in [0, 0.1) is 0 Å². The Morgan fingerprint density at radius 1 is 1.11 bits per heavy atom. The summed E-state index contributed by atoms with van der Waals surface area (Å²) in [5, 5.41) is 10.4. The monoisotopic (exact) mass is 249 g/mol. The molecule has 0 saturated carbocycles. The molecule has 1 aliphatic rings. The molecular weight excluding hydrogens is 222 g/mol. The van der Waals surface area contributed by atoms with Crippen LogP contribution in [0.2, 0.25) is 0 Å². The molecule has 0 radical (unpaired) electrons. The van der Waals surface area contributed by atoms with E-state index in [-0.39, 0.29) is 12.1 Å². The number of nitrogens with zero attached hydrogens (tertiary/aromatic N) is 1. The topological polar surface area (TPSA) is 23.5 Å². The van der Waals surface area contributed by atoms with Crippen molar-refractivity contribution < 1.29 is 5.11 Å². The molecular formula is C16H27NO. The zero-order chi connectivity index (χ0) is 13.4. The summed E-state index contributed by atoms with van der Waals surface area (Å²) in [6.45, 7) is 5.11. The second kappa shape index (κ2) is 8.28. The summed E-state index contributed by atoms with van der Waals surface area (Å²) in [4.78, 5) is 2.31. The number of rotatable bonds is 2. The molecule has 1 aromatic carbocycles. The first-order valence-electron chi connectivity index (χ1n) is 7.22. The van der Waals surface area contributed by atoms with Gasteiger partial charge in [-0.3, -0.25) is 0 Å². The number of likely N-dealkylation sites (tertiary alicyclic amines) is 1. The van der Waals surface area contributed by atoms with E-state index in [0.717, 1.165) is 18.5 Å². The van der Waals surface area contributed by atoms with Crippen molar-refractivity contribution in [3.8, 4) is 0 Å². The van der Waals surface area contributed by atoms with E-state index in [9.17, 15) is 5.11 Å². The molecule has 2 heteroatoms. The maximum absolute atomic E-state index is 10.4. The van der Waals surface area contributed by atoms with E-state index in [1.807, 2.05) is 44.2 Å². The summed E-state index contributed by atoms with van der Waals surface area (Å²) in [6.07, 6.45) is 4.55. The van der Waals surface area contributed by atoms with Gasteiger partial charge in [0, 0.05) is 6.04 Å². The normalized spacial score (nSPS) is 22.6. The van der Waals surface area contributed by atoms with Crippen molar-refractivity contribution in [2.24, 2.45) is 0 Å². The molecule has 1 aliphatic heterocycles. The Balaban J connectivity index is 0.000000771. The molecule has 2 atom stereocenters. The van der Waals surface area contributed by atoms with Crippen molar-refractivity contribution >= 4 is 0 Å². The van der Waals surface area contributed by atoms with Crippen LogP contribution >= 0.6 is 0 Å². The quantitative estimate of drug-likeness (QED) is 0.865. The van der Waals surface area contributed by atoms with Crippen molar-refractivity contribution in [3.05, 3.63) is 35.9 Å². The number of aliphatic hydroxyl groups is 1. The highest BCUT2D eigenvalue weighted by molar-refractivity contribution is 5.18. The first kappa shape index (κ1) is 15.2. The van der Waals surface area contributed by atoms with E-state index in [4.69, 9.17) is 0 Å². The van der Waals surface area contributed by atoms with Crippen molar-refractivity contribution in [1.29, 1.82) is 0 Å². The van der Waals surface area contributed by atoms with Crippen LogP contribution in [0.25, 0.3) is 0 Å². The predicted octanol–water partition coefficient (Wildman–Crippen LogP) is 3.62. The second-order valence-electron chi connectivity index (χ2n) is 4.75. The minimum absolute atomic E-state index is 0.282. The number of hydrogen-bond donors (Lipinski definition) is 1. The summed E-state index contributed by atoms with van der Waals surface area (Å²) in [5.41, 5.74) is 1.04. The second-order valence-corrected chi connectivity index (χ2v) is 4.75. The predicted molar refractivity (Wildman–Crippen MR) is 77.6 cm³/mol. The highest BCUT2D eigenvalue weighted by Gasteiger charge is 2.25. The van der Waals surface area contributed by atoms with Gasteiger partial charge in [-0.25, -0.2) is 0 Å². The van der Waals surface area contributed by atoms with Crippen LogP contribution in [-0.4, -0.2) is 29.6 Å². The summed E-state index contributed by atoms with van der Waals surface area (Å²) in [7, 11) is 2.13. The standard InChI is InChI=1S/C14H21NO.C2H6/c1-15-11-7-3-6-10-13(15)14(16)12-8-4-2-5-9-12;1-2/h2,4-5,8-9,13-14,16H,3,6-7,10-11H2,1H3;1-2H3. The van der Waals surface area contributed by atoms with E-state index in [0.29, 0.717) is 0 Å². The molecule has 1 saturated heterocycles. The van der Waals surface area contributed by atoms with Crippen LogP contribution in [0.1, 0.15) is 51.2 Å². The Labute approximate surface area is 112 Å². The van der Waals surface area contributed by atoms with Gasteiger partial charge in [0.1, 0.15) is 0 Å². The summed E-state index contributed by atoms with van der Waals surface area (Å²) < 4.78 is 0. The highest BCUT2D eigenvalue weighted by atomic mass is 16.3. The van der Waals surface area contributed by atoms with Crippen LogP contribution in [0.4, 0.5) is 0 Å². The third-order valence-corrected chi connectivity index (χ3v) is 3.58. The number of benzene rings is 1. The Hall–Kier alpha value is -0.860. The highest BCUT2D eigenvalue weighted by Crippen LogP contribution is 2.26. The molecule has 1 N–H and O–H groups in total. The zero-order valence-corrected chi connectivity index (χ0v) is 12.0. The third-order valence-electron chi connectivity index (χ3n) is 3.58. The lowest BCUT2D eigenvalue weighted by Crippen LogP contribution is -2.36. The molecule has 1 fully saturated rings. The van der Waals surface area contributed by atoms with Gasteiger partial charge < -0.3 is 10.0 Å². The van der Waals surface area contributed by atoms with Crippen LogP contribution in [0.15, 0.2) is 30.3 Å². The van der Waals surface area contributed by atoms with Gasteiger partial charge in [-0.05, 0) is 32.0 Å².